The fourth-order valence-electron chi connectivity index (χ4n) is 1.86. The van der Waals surface area contributed by atoms with Crippen molar-refractivity contribution in [3.8, 4) is 0 Å². The van der Waals surface area contributed by atoms with Crippen molar-refractivity contribution in [2.45, 2.75) is 19.4 Å². The summed E-state index contributed by atoms with van der Waals surface area (Å²) in [5.41, 5.74) is -0.258. The van der Waals surface area contributed by atoms with E-state index in [4.69, 9.17) is 0 Å². The lowest BCUT2D eigenvalue weighted by atomic mass is 10.4. The molecular weight excluding hydrogens is 264 g/mol. The third kappa shape index (κ3) is 3.28. The summed E-state index contributed by atoms with van der Waals surface area (Å²) in [7, 11) is 0. The summed E-state index contributed by atoms with van der Waals surface area (Å²) in [6.07, 6.45) is 1.80. The van der Waals surface area contributed by atoms with Crippen molar-refractivity contribution in [3.05, 3.63) is 28.7 Å². The summed E-state index contributed by atoms with van der Waals surface area (Å²) in [4.78, 5) is 46.6. The topological polar surface area (TPSA) is 101 Å². The zero-order chi connectivity index (χ0) is 14.5. The maximum absolute atomic E-state index is 11.6. The van der Waals surface area contributed by atoms with Crippen LogP contribution in [0.3, 0.4) is 0 Å². The van der Waals surface area contributed by atoms with Gasteiger partial charge in [-0.05, 0) is 6.07 Å². The van der Waals surface area contributed by atoms with E-state index in [1.165, 1.54) is 23.0 Å². The van der Waals surface area contributed by atoms with Crippen molar-refractivity contribution in [1.29, 1.82) is 0 Å². The molecule has 20 heavy (non-hydrogen) atoms. The van der Waals surface area contributed by atoms with Crippen molar-refractivity contribution in [3.63, 3.8) is 0 Å². The number of nitrogens with one attached hydrogen (secondary N) is 1. The van der Waals surface area contributed by atoms with Gasteiger partial charge in [0, 0.05) is 31.6 Å². The van der Waals surface area contributed by atoms with E-state index in [-0.39, 0.29) is 49.8 Å². The molecule has 3 amide bonds. The maximum Gasteiger partial charge on any atom is 0.266 e. The molecule has 1 saturated heterocycles. The van der Waals surface area contributed by atoms with E-state index in [0.29, 0.717) is 0 Å². The van der Waals surface area contributed by atoms with Gasteiger partial charge < -0.3 is 5.32 Å². The molecule has 0 spiro atoms. The molecule has 1 N–H and O–H groups in total. The van der Waals surface area contributed by atoms with Crippen LogP contribution in [0.5, 0.6) is 0 Å². The van der Waals surface area contributed by atoms with Gasteiger partial charge in [-0.3, -0.25) is 24.1 Å². The number of nitrogens with zero attached hydrogens (tertiary/aromatic N) is 3. The predicted molar refractivity (Wildman–Crippen MR) is 67.5 cm³/mol. The molecule has 0 unspecified atom stereocenters. The molecule has 8 heteroatoms. The lowest BCUT2D eigenvalue weighted by Gasteiger charge is -2.13. The normalized spacial score (nSPS) is 14.7. The number of rotatable bonds is 5. The van der Waals surface area contributed by atoms with E-state index in [1.807, 2.05) is 0 Å². The molecule has 1 aromatic rings. The summed E-state index contributed by atoms with van der Waals surface area (Å²) in [5, 5.41) is 6.38. The summed E-state index contributed by atoms with van der Waals surface area (Å²) in [5.74, 6) is -1.09. The molecule has 1 aromatic heterocycles. The van der Waals surface area contributed by atoms with Crippen LogP contribution in [0.25, 0.3) is 0 Å². The van der Waals surface area contributed by atoms with Crippen LogP contribution in [0.15, 0.2) is 23.1 Å². The third-order valence-corrected chi connectivity index (χ3v) is 2.89. The molecule has 1 aliphatic heterocycles. The monoisotopic (exact) mass is 278 g/mol. The van der Waals surface area contributed by atoms with Crippen LogP contribution in [0.1, 0.15) is 12.8 Å². The summed E-state index contributed by atoms with van der Waals surface area (Å²) in [6.45, 7) is 0.161. The average molecular weight is 278 g/mol. The lowest BCUT2D eigenvalue weighted by molar-refractivity contribution is -0.142. The minimum atomic E-state index is -0.433. The van der Waals surface area contributed by atoms with Crippen LogP contribution in [-0.2, 0) is 20.9 Å². The average Bonchev–Trinajstić information content (AvgIpc) is 2.73. The Balaban J connectivity index is 1.79. The van der Waals surface area contributed by atoms with Gasteiger partial charge in [0.15, 0.2) is 0 Å². The Labute approximate surface area is 114 Å². The molecule has 1 fully saturated rings. The molecule has 0 aromatic carbocycles. The molecule has 0 atom stereocenters. The van der Waals surface area contributed by atoms with Crippen LogP contribution < -0.4 is 10.9 Å². The smallest absolute Gasteiger partial charge is 0.266 e. The van der Waals surface area contributed by atoms with Gasteiger partial charge in [-0.15, -0.1) is 0 Å². The number of hydrogen-bond acceptors (Lipinski definition) is 5. The van der Waals surface area contributed by atoms with Crippen molar-refractivity contribution in [2.24, 2.45) is 0 Å². The SMILES string of the molecule is O=C(CN1C(=O)CCC1=O)NCCn1ncccc1=O. The van der Waals surface area contributed by atoms with Gasteiger partial charge in [0.25, 0.3) is 5.56 Å². The van der Waals surface area contributed by atoms with Crippen LogP contribution >= 0.6 is 0 Å². The highest BCUT2D eigenvalue weighted by Crippen LogP contribution is 2.10. The number of carbonyl (C=O) groups excluding carboxylic acids is 3. The first-order valence-electron chi connectivity index (χ1n) is 6.20. The Morgan fingerprint density at radius 2 is 1.95 bits per heavy atom. The second kappa shape index (κ2) is 6.09. The molecule has 1 aliphatic rings. The van der Waals surface area contributed by atoms with E-state index < -0.39 is 5.91 Å². The second-order valence-corrected chi connectivity index (χ2v) is 4.31. The largest absolute Gasteiger partial charge is 0.353 e. The van der Waals surface area contributed by atoms with E-state index in [2.05, 4.69) is 10.4 Å². The highest BCUT2D eigenvalue weighted by atomic mass is 16.2. The summed E-state index contributed by atoms with van der Waals surface area (Å²) >= 11 is 0. The Kier molecular flexibility index (Phi) is 4.24. The quantitative estimate of drug-likeness (QED) is 0.661. The Hall–Kier alpha value is -2.51. The molecule has 106 valence electrons. The Morgan fingerprint density at radius 1 is 1.25 bits per heavy atom. The van der Waals surface area contributed by atoms with Crippen molar-refractivity contribution < 1.29 is 14.4 Å². The minimum Gasteiger partial charge on any atom is -0.353 e. The fourth-order valence-corrected chi connectivity index (χ4v) is 1.86. The van der Waals surface area contributed by atoms with Crippen LogP contribution in [0.4, 0.5) is 0 Å². The second-order valence-electron chi connectivity index (χ2n) is 4.31. The fraction of sp³-hybridized carbons (Fsp3) is 0.417. The summed E-state index contributed by atoms with van der Waals surface area (Å²) < 4.78 is 1.21. The molecule has 0 aliphatic carbocycles. The number of imide groups is 1. The van der Waals surface area contributed by atoms with E-state index >= 15 is 0 Å². The predicted octanol–water partition coefficient (Wildman–Crippen LogP) is -1.49. The molecule has 2 heterocycles. The van der Waals surface area contributed by atoms with Gasteiger partial charge in [-0.1, -0.05) is 0 Å². The standard InChI is InChI=1S/C12H14N4O4/c17-9(8-15-10(18)3-4-11(15)19)13-6-7-16-12(20)2-1-5-14-16/h1-2,5H,3-4,6-8H2,(H,13,17). The first-order valence-corrected chi connectivity index (χ1v) is 6.20. The van der Waals surface area contributed by atoms with E-state index in [0.717, 1.165) is 4.90 Å². The number of aromatic nitrogens is 2. The molecule has 2 rings (SSSR count). The van der Waals surface area contributed by atoms with Gasteiger partial charge >= 0.3 is 0 Å². The molecule has 0 radical (unpaired) electrons. The number of likely N-dealkylation sites (tertiary alicyclic amines) is 1. The first kappa shape index (κ1) is 13.9. The highest BCUT2D eigenvalue weighted by molar-refractivity contribution is 6.04. The van der Waals surface area contributed by atoms with Gasteiger partial charge in [0.1, 0.15) is 6.54 Å². The van der Waals surface area contributed by atoms with Gasteiger partial charge in [0.2, 0.25) is 17.7 Å². The Morgan fingerprint density at radius 3 is 2.60 bits per heavy atom. The third-order valence-electron chi connectivity index (χ3n) is 2.89. The van der Waals surface area contributed by atoms with Gasteiger partial charge in [-0.25, -0.2) is 4.68 Å². The molecule has 8 nitrogen and oxygen atoms in total. The summed E-state index contributed by atoms with van der Waals surface area (Å²) in [6, 6.07) is 2.90. The van der Waals surface area contributed by atoms with Crippen LogP contribution in [0, 0.1) is 0 Å². The van der Waals surface area contributed by atoms with Crippen molar-refractivity contribution in [1.82, 2.24) is 20.0 Å². The minimum absolute atomic E-state index is 0.162. The van der Waals surface area contributed by atoms with Gasteiger partial charge in [0.05, 0.1) is 6.54 Å². The zero-order valence-corrected chi connectivity index (χ0v) is 10.7. The molecular formula is C12H14N4O4. The van der Waals surface area contributed by atoms with Crippen molar-refractivity contribution >= 4 is 17.7 Å². The first-order chi connectivity index (χ1) is 9.58. The Bertz CT molecular complexity index is 579. The molecule has 0 bridgehead atoms. The van der Waals surface area contributed by atoms with Crippen molar-refractivity contribution in [2.75, 3.05) is 13.1 Å². The van der Waals surface area contributed by atoms with E-state index in [9.17, 15) is 19.2 Å². The molecule has 0 saturated carbocycles. The highest BCUT2D eigenvalue weighted by Gasteiger charge is 2.30. The number of amides is 3. The van der Waals surface area contributed by atoms with E-state index in [1.54, 1.807) is 0 Å². The zero-order valence-electron chi connectivity index (χ0n) is 10.7. The van der Waals surface area contributed by atoms with Crippen LogP contribution in [0.2, 0.25) is 0 Å². The number of carbonyl (C=O) groups is 3. The maximum atomic E-state index is 11.6. The lowest BCUT2D eigenvalue weighted by Crippen LogP contribution is -2.41. The van der Waals surface area contributed by atoms with Crippen LogP contribution in [-0.4, -0.2) is 45.5 Å². The van der Waals surface area contributed by atoms with Gasteiger partial charge in [-0.2, -0.15) is 5.10 Å². The number of hydrogen-bond donors (Lipinski definition) is 1.